The first-order chi connectivity index (χ1) is 5.95. The lowest BCUT2D eigenvalue weighted by Gasteiger charge is -2.18. The van der Waals surface area contributed by atoms with E-state index < -0.39 is 6.10 Å². The van der Waals surface area contributed by atoms with Crippen molar-refractivity contribution in [3.63, 3.8) is 0 Å². The highest BCUT2D eigenvalue weighted by molar-refractivity contribution is 9.13. The Hall–Kier alpha value is 0.610. The minimum atomic E-state index is -0.423. The number of halogens is 3. The quantitative estimate of drug-likeness (QED) is 0.861. The smallest absolute Gasteiger partial charge is 0.179 e. The Bertz CT molecular complexity index is 311. The summed E-state index contributed by atoms with van der Waals surface area (Å²) in [4.78, 5) is 4.15. The molecule has 1 N–H and O–H groups in total. The predicted molar refractivity (Wildman–Crippen MR) is 61.7 cm³/mol. The molecule has 0 amide bonds. The van der Waals surface area contributed by atoms with Crippen LogP contribution in [0, 0.1) is 0 Å². The standard InChI is InChI=1S/C7H9Br3N2O/c1-3(4(2)13)12-6(9)5(8)11-7(12)10/h3-4,13H,1-2H3. The van der Waals surface area contributed by atoms with E-state index >= 15 is 0 Å². The van der Waals surface area contributed by atoms with Gasteiger partial charge in [0.15, 0.2) is 4.73 Å². The fourth-order valence-corrected chi connectivity index (χ4v) is 3.02. The third-order valence-corrected chi connectivity index (χ3v) is 4.28. The number of nitrogens with zero attached hydrogens (tertiary/aromatic N) is 2. The van der Waals surface area contributed by atoms with Crippen molar-refractivity contribution >= 4 is 47.8 Å². The van der Waals surface area contributed by atoms with E-state index in [-0.39, 0.29) is 6.04 Å². The van der Waals surface area contributed by atoms with Crippen molar-refractivity contribution in [2.45, 2.75) is 26.0 Å². The highest BCUT2D eigenvalue weighted by Crippen LogP contribution is 2.31. The van der Waals surface area contributed by atoms with Gasteiger partial charge in [0.25, 0.3) is 0 Å². The zero-order valence-corrected chi connectivity index (χ0v) is 11.9. The van der Waals surface area contributed by atoms with Gasteiger partial charge in [0.05, 0.1) is 12.1 Å². The van der Waals surface area contributed by atoms with Crippen LogP contribution in [0.3, 0.4) is 0 Å². The Morgan fingerprint density at radius 3 is 2.15 bits per heavy atom. The molecule has 74 valence electrons. The molecule has 13 heavy (non-hydrogen) atoms. The van der Waals surface area contributed by atoms with Gasteiger partial charge in [-0.3, -0.25) is 0 Å². The zero-order valence-electron chi connectivity index (χ0n) is 7.13. The molecule has 0 bridgehead atoms. The maximum absolute atomic E-state index is 9.43. The maximum Gasteiger partial charge on any atom is 0.179 e. The van der Waals surface area contributed by atoms with Gasteiger partial charge in [-0.2, -0.15) is 0 Å². The Morgan fingerprint density at radius 2 is 1.85 bits per heavy atom. The third kappa shape index (κ3) is 2.34. The fraction of sp³-hybridized carbons (Fsp3) is 0.571. The molecule has 0 saturated carbocycles. The molecule has 2 atom stereocenters. The van der Waals surface area contributed by atoms with E-state index in [1.165, 1.54) is 0 Å². The van der Waals surface area contributed by atoms with Crippen LogP contribution in [0.5, 0.6) is 0 Å². The molecule has 6 heteroatoms. The molecule has 0 aliphatic heterocycles. The first-order valence-corrected chi connectivity index (χ1v) is 6.09. The summed E-state index contributed by atoms with van der Waals surface area (Å²) in [5, 5.41) is 9.43. The summed E-state index contributed by atoms with van der Waals surface area (Å²) >= 11 is 9.99. The zero-order chi connectivity index (χ0) is 10.2. The van der Waals surface area contributed by atoms with E-state index in [0.717, 1.165) is 9.21 Å². The van der Waals surface area contributed by atoms with Crippen LogP contribution in [0.4, 0.5) is 0 Å². The Kier molecular flexibility index (Phi) is 3.97. The first-order valence-electron chi connectivity index (χ1n) is 3.72. The summed E-state index contributed by atoms with van der Waals surface area (Å²) in [7, 11) is 0. The number of aliphatic hydroxyl groups is 1. The number of hydrogen-bond acceptors (Lipinski definition) is 2. The molecule has 1 heterocycles. The van der Waals surface area contributed by atoms with E-state index in [4.69, 9.17) is 0 Å². The van der Waals surface area contributed by atoms with Crippen LogP contribution in [0.15, 0.2) is 13.9 Å². The minimum absolute atomic E-state index is 0.0254. The van der Waals surface area contributed by atoms with E-state index in [0.29, 0.717) is 4.73 Å². The lowest BCUT2D eigenvalue weighted by Crippen LogP contribution is -2.18. The van der Waals surface area contributed by atoms with Gasteiger partial charge in [-0.1, -0.05) is 0 Å². The Balaban J connectivity index is 3.13. The minimum Gasteiger partial charge on any atom is -0.391 e. The van der Waals surface area contributed by atoms with Crippen LogP contribution in [0.1, 0.15) is 19.9 Å². The molecule has 0 aliphatic rings. The van der Waals surface area contributed by atoms with Crippen molar-refractivity contribution in [3.05, 3.63) is 13.9 Å². The second-order valence-corrected chi connectivity index (χ2v) is 5.03. The Labute approximate surface area is 102 Å². The van der Waals surface area contributed by atoms with Crippen LogP contribution >= 0.6 is 47.8 Å². The van der Waals surface area contributed by atoms with E-state index in [9.17, 15) is 5.11 Å². The summed E-state index contributed by atoms with van der Waals surface area (Å²) < 4.78 is 4.12. The second kappa shape index (κ2) is 4.42. The topological polar surface area (TPSA) is 38.0 Å². The lowest BCUT2D eigenvalue weighted by atomic mass is 10.2. The summed E-state index contributed by atoms with van der Waals surface area (Å²) in [5.41, 5.74) is 0. The number of hydrogen-bond donors (Lipinski definition) is 1. The maximum atomic E-state index is 9.43. The third-order valence-electron chi connectivity index (χ3n) is 1.88. The van der Waals surface area contributed by atoms with Crippen molar-refractivity contribution in [3.8, 4) is 0 Å². The summed E-state index contributed by atoms with van der Waals surface area (Å²) in [6.07, 6.45) is -0.423. The average molecular weight is 377 g/mol. The molecule has 0 radical (unpaired) electrons. The Morgan fingerprint density at radius 1 is 1.31 bits per heavy atom. The van der Waals surface area contributed by atoms with Crippen LogP contribution in [-0.4, -0.2) is 20.8 Å². The molecule has 1 rings (SSSR count). The van der Waals surface area contributed by atoms with Gasteiger partial charge < -0.3 is 9.67 Å². The van der Waals surface area contributed by atoms with Crippen molar-refractivity contribution in [2.75, 3.05) is 0 Å². The number of rotatable bonds is 2. The molecule has 0 aromatic carbocycles. The number of imidazole rings is 1. The van der Waals surface area contributed by atoms with E-state index in [2.05, 4.69) is 52.8 Å². The van der Waals surface area contributed by atoms with Crippen LogP contribution in [0.2, 0.25) is 0 Å². The van der Waals surface area contributed by atoms with Crippen molar-refractivity contribution in [2.24, 2.45) is 0 Å². The van der Waals surface area contributed by atoms with E-state index in [1.807, 2.05) is 11.5 Å². The molecule has 1 aromatic rings. The monoisotopic (exact) mass is 374 g/mol. The summed E-state index contributed by atoms with van der Waals surface area (Å²) in [6, 6.07) is -0.0254. The summed E-state index contributed by atoms with van der Waals surface area (Å²) in [5.74, 6) is 0. The molecule has 0 saturated heterocycles. The lowest BCUT2D eigenvalue weighted by molar-refractivity contribution is 0.137. The normalized spacial score (nSPS) is 15.8. The van der Waals surface area contributed by atoms with E-state index in [1.54, 1.807) is 6.92 Å². The molecular weight excluding hydrogens is 368 g/mol. The van der Waals surface area contributed by atoms with Gasteiger partial charge in [0.2, 0.25) is 0 Å². The molecule has 1 aromatic heterocycles. The first kappa shape index (κ1) is 11.7. The van der Waals surface area contributed by atoms with Gasteiger partial charge in [-0.15, -0.1) is 0 Å². The van der Waals surface area contributed by atoms with Gasteiger partial charge in [-0.25, -0.2) is 4.98 Å². The SMILES string of the molecule is CC(O)C(C)n1c(Br)nc(Br)c1Br. The fourth-order valence-electron chi connectivity index (χ4n) is 0.924. The average Bonchev–Trinajstić information content (AvgIpc) is 2.26. The molecule has 3 nitrogen and oxygen atoms in total. The second-order valence-electron chi connectivity index (χ2n) is 2.81. The van der Waals surface area contributed by atoms with Gasteiger partial charge in [-0.05, 0) is 61.6 Å². The molecule has 0 aliphatic carbocycles. The van der Waals surface area contributed by atoms with Gasteiger partial charge >= 0.3 is 0 Å². The van der Waals surface area contributed by atoms with Crippen molar-refractivity contribution in [1.29, 1.82) is 0 Å². The van der Waals surface area contributed by atoms with Gasteiger partial charge in [0, 0.05) is 0 Å². The molecule has 2 unspecified atom stereocenters. The number of aliphatic hydroxyl groups excluding tert-OH is 1. The molecule has 0 fully saturated rings. The van der Waals surface area contributed by atoms with Crippen LogP contribution in [-0.2, 0) is 0 Å². The molecule has 0 spiro atoms. The highest BCUT2D eigenvalue weighted by atomic mass is 79.9. The van der Waals surface area contributed by atoms with Crippen molar-refractivity contribution < 1.29 is 5.11 Å². The number of aromatic nitrogens is 2. The predicted octanol–water partition coefficient (Wildman–Crippen LogP) is 3.11. The highest BCUT2D eigenvalue weighted by Gasteiger charge is 2.19. The summed E-state index contributed by atoms with van der Waals surface area (Å²) in [6.45, 7) is 3.67. The van der Waals surface area contributed by atoms with Gasteiger partial charge in [0.1, 0.15) is 9.21 Å². The molecular formula is C7H9Br3N2O. The van der Waals surface area contributed by atoms with Crippen molar-refractivity contribution in [1.82, 2.24) is 9.55 Å². The van der Waals surface area contributed by atoms with Crippen LogP contribution in [0.25, 0.3) is 0 Å². The van der Waals surface area contributed by atoms with Crippen LogP contribution < -0.4 is 0 Å². The largest absolute Gasteiger partial charge is 0.391 e.